The van der Waals surface area contributed by atoms with Gasteiger partial charge in [0.15, 0.2) is 0 Å². The lowest BCUT2D eigenvalue weighted by atomic mass is 9.70. The van der Waals surface area contributed by atoms with Crippen molar-refractivity contribution in [2.75, 3.05) is 20.6 Å². The van der Waals surface area contributed by atoms with Crippen molar-refractivity contribution in [1.82, 2.24) is 4.90 Å². The molecule has 0 N–H and O–H groups in total. The Morgan fingerprint density at radius 1 is 1.25 bits per heavy atom. The summed E-state index contributed by atoms with van der Waals surface area (Å²) in [7, 11) is 4.26. The monoisotopic (exact) mass is 329 g/mol. The molecule has 1 aliphatic carbocycles. The molecule has 0 radical (unpaired) electrons. The first kappa shape index (κ1) is 21.0. The van der Waals surface area contributed by atoms with E-state index in [9.17, 15) is 0 Å². The molecule has 0 saturated heterocycles. The van der Waals surface area contributed by atoms with Gasteiger partial charge in [0, 0.05) is 6.54 Å². The third-order valence-electron chi connectivity index (χ3n) is 5.30. The Hall–Kier alpha value is -1.08. The molecule has 1 atom stereocenters. The van der Waals surface area contributed by atoms with E-state index in [-0.39, 0.29) is 0 Å². The number of hydrogen-bond donors (Lipinski definition) is 0. The summed E-state index contributed by atoms with van der Waals surface area (Å²) in [6.45, 7) is 12.9. The normalized spacial score (nSPS) is 18.1. The highest BCUT2D eigenvalue weighted by Gasteiger charge is 2.29. The Balaban J connectivity index is 2.66. The van der Waals surface area contributed by atoms with Crippen molar-refractivity contribution in [3.63, 3.8) is 0 Å². The number of rotatable bonds is 9. The Kier molecular flexibility index (Phi) is 8.76. The van der Waals surface area contributed by atoms with Gasteiger partial charge in [0.05, 0.1) is 0 Å². The minimum Gasteiger partial charge on any atom is -0.309 e. The van der Waals surface area contributed by atoms with Crippen LogP contribution in [0, 0.1) is 11.3 Å². The molecule has 0 saturated carbocycles. The minimum atomic E-state index is 0.328. The maximum absolute atomic E-state index is 2.42. The van der Waals surface area contributed by atoms with Gasteiger partial charge in [-0.3, -0.25) is 0 Å². The van der Waals surface area contributed by atoms with Crippen molar-refractivity contribution >= 4 is 0 Å². The van der Waals surface area contributed by atoms with Crippen LogP contribution in [-0.2, 0) is 0 Å². The van der Waals surface area contributed by atoms with Crippen LogP contribution in [0.15, 0.2) is 47.1 Å². The molecule has 1 aliphatic rings. The Bertz CT molecular complexity index is 500. The lowest BCUT2D eigenvalue weighted by Crippen LogP contribution is -2.24. The highest BCUT2D eigenvalue weighted by Crippen LogP contribution is 2.40. The highest BCUT2D eigenvalue weighted by molar-refractivity contribution is 5.32. The fourth-order valence-corrected chi connectivity index (χ4v) is 3.53. The molecule has 1 heteroatoms. The van der Waals surface area contributed by atoms with Gasteiger partial charge in [0.2, 0.25) is 0 Å². The van der Waals surface area contributed by atoms with Crippen LogP contribution in [0.3, 0.4) is 0 Å². The smallest absolute Gasteiger partial charge is 0.000992 e. The van der Waals surface area contributed by atoms with E-state index in [1.54, 1.807) is 5.57 Å². The van der Waals surface area contributed by atoms with Crippen molar-refractivity contribution in [3.8, 4) is 0 Å². The van der Waals surface area contributed by atoms with Gasteiger partial charge in [-0.15, -0.1) is 0 Å². The predicted octanol–water partition coefficient (Wildman–Crippen LogP) is 6.55. The molecule has 0 fully saturated rings. The third kappa shape index (κ3) is 7.21. The summed E-state index contributed by atoms with van der Waals surface area (Å²) < 4.78 is 0. The molecule has 0 amide bonds. The fourth-order valence-electron chi connectivity index (χ4n) is 3.53. The molecule has 136 valence electrons. The standard InChI is InChI=1S/C23H39N/c1-8-11-19(2)18-23(4,5)20(3)22-15-13-21(14-16-22)12-9-10-17-24(6)7/h9,11-13,15,20H,8,10,14,16-18H2,1-7H3/b12-9+,19-11+. The second kappa shape index (κ2) is 10.0. The van der Waals surface area contributed by atoms with E-state index in [4.69, 9.17) is 0 Å². The number of allylic oxidation sites excluding steroid dienone is 7. The highest BCUT2D eigenvalue weighted by atomic mass is 15.0. The molecule has 1 unspecified atom stereocenters. The van der Waals surface area contributed by atoms with Crippen molar-refractivity contribution < 1.29 is 0 Å². The number of hydrogen-bond acceptors (Lipinski definition) is 1. The van der Waals surface area contributed by atoms with E-state index in [1.165, 1.54) is 30.4 Å². The van der Waals surface area contributed by atoms with Gasteiger partial charge in [0.1, 0.15) is 0 Å². The summed E-state index contributed by atoms with van der Waals surface area (Å²) in [5, 5.41) is 0. The van der Waals surface area contributed by atoms with Crippen molar-refractivity contribution in [2.45, 2.75) is 66.7 Å². The van der Waals surface area contributed by atoms with Crippen LogP contribution in [-0.4, -0.2) is 25.5 Å². The van der Waals surface area contributed by atoms with Crippen molar-refractivity contribution in [3.05, 3.63) is 47.1 Å². The maximum atomic E-state index is 2.42. The van der Waals surface area contributed by atoms with E-state index >= 15 is 0 Å². The van der Waals surface area contributed by atoms with E-state index in [2.05, 4.69) is 84.0 Å². The first-order valence-electron chi connectivity index (χ1n) is 9.62. The summed E-state index contributed by atoms with van der Waals surface area (Å²) in [5.41, 5.74) is 4.96. The van der Waals surface area contributed by atoms with Gasteiger partial charge in [-0.1, -0.05) is 69.2 Å². The summed E-state index contributed by atoms with van der Waals surface area (Å²) in [6.07, 6.45) is 17.6. The van der Waals surface area contributed by atoms with Gasteiger partial charge >= 0.3 is 0 Å². The van der Waals surface area contributed by atoms with Gasteiger partial charge in [0.25, 0.3) is 0 Å². The van der Waals surface area contributed by atoms with Gasteiger partial charge in [-0.2, -0.15) is 0 Å². The number of nitrogens with zero attached hydrogens (tertiary/aromatic N) is 1. The predicted molar refractivity (Wildman–Crippen MR) is 109 cm³/mol. The third-order valence-corrected chi connectivity index (χ3v) is 5.30. The second-order valence-corrected chi connectivity index (χ2v) is 8.32. The lowest BCUT2D eigenvalue weighted by Gasteiger charge is -2.35. The van der Waals surface area contributed by atoms with E-state index in [1.807, 2.05) is 0 Å². The van der Waals surface area contributed by atoms with E-state index < -0.39 is 0 Å². The van der Waals surface area contributed by atoms with Crippen LogP contribution in [0.4, 0.5) is 0 Å². The maximum Gasteiger partial charge on any atom is 0.000992 e. The zero-order valence-electron chi connectivity index (χ0n) is 17.2. The van der Waals surface area contributed by atoms with Crippen LogP contribution in [0.1, 0.15) is 66.7 Å². The largest absolute Gasteiger partial charge is 0.309 e. The molecule has 0 aromatic carbocycles. The second-order valence-electron chi connectivity index (χ2n) is 8.32. The summed E-state index contributed by atoms with van der Waals surface area (Å²) in [6, 6.07) is 0. The van der Waals surface area contributed by atoms with Crippen LogP contribution >= 0.6 is 0 Å². The Morgan fingerprint density at radius 2 is 1.96 bits per heavy atom. The first-order chi connectivity index (χ1) is 11.3. The molecule has 1 nitrogen and oxygen atoms in total. The van der Waals surface area contributed by atoms with Crippen LogP contribution in [0.25, 0.3) is 0 Å². The van der Waals surface area contributed by atoms with E-state index in [0.29, 0.717) is 11.3 Å². The van der Waals surface area contributed by atoms with Crippen molar-refractivity contribution in [1.29, 1.82) is 0 Å². The Labute approximate surface area is 151 Å². The molecule has 0 aromatic heterocycles. The molecule has 1 rings (SSSR count). The Morgan fingerprint density at radius 3 is 2.50 bits per heavy atom. The molecule has 0 aromatic rings. The summed E-state index contributed by atoms with van der Waals surface area (Å²) in [5.74, 6) is 0.633. The molecule has 0 heterocycles. The first-order valence-corrected chi connectivity index (χ1v) is 9.62. The quantitative estimate of drug-likeness (QED) is 0.433. The summed E-state index contributed by atoms with van der Waals surface area (Å²) in [4.78, 5) is 2.23. The zero-order chi connectivity index (χ0) is 18.2. The lowest BCUT2D eigenvalue weighted by molar-refractivity contribution is 0.257. The fraction of sp³-hybridized carbons (Fsp3) is 0.652. The van der Waals surface area contributed by atoms with Gasteiger partial charge < -0.3 is 4.90 Å². The van der Waals surface area contributed by atoms with Crippen LogP contribution < -0.4 is 0 Å². The molecule has 24 heavy (non-hydrogen) atoms. The molecular formula is C23H39N. The van der Waals surface area contributed by atoms with Crippen molar-refractivity contribution in [2.24, 2.45) is 11.3 Å². The van der Waals surface area contributed by atoms with Gasteiger partial charge in [-0.05, 0) is 70.0 Å². The van der Waals surface area contributed by atoms with E-state index in [0.717, 1.165) is 19.4 Å². The minimum absolute atomic E-state index is 0.328. The summed E-state index contributed by atoms with van der Waals surface area (Å²) >= 11 is 0. The average Bonchev–Trinajstić information content (AvgIpc) is 2.51. The molecular weight excluding hydrogens is 290 g/mol. The SMILES string of the molecule is CC/C=C(\C)CC(C)(C)C(C)C1=CC=C(/C=C/CCN(C)C)CC1. The molecule has 0 spiro atoms. The van der Waals surface area contributed by atoms with Crippen LogP contribution in [0.5, 0.6) is 0 Å². The van der Waals surface area contributed by atoms with Gasteiger partial charge in [-0.25, -0.2) is 0 Å². The molecule has 0 aliphatic heterocycles. The topological polar surface area (TPSA) is 3.24 Å². The average molecular weight is 330 g/mol. The zero-order valence-corrected chi connectivity index (χ0v) is 17.2. The molecule has 0 bridgehead atoms. The van der Waals surface area contributed by atoms with Crippen LogP contribution in [0.2, 0.25) is 0 Å².